The average Bonchev–Trinajstić information content (AvgIpc) is 3.09. The minimum Gasteiger partial charge on any atom is -0.493 e. The molecule has 124 valence electrons. The molecule has 0 unspecified atom stereocenters. The van der Waals surface area contributed by atoms with Gasteiger partial charge < -0.3 is 19.1 Å². The van der Waals surface area contributed by atoms with E-state index in [-0.39, 0.29) is 0 Å². The number of imidazole rings is 1. The van der Waals surface area contributed by atoms with Crippen LogP contribution < -0.4 is 9.47 Å². The molecule has 1 aromatic heterocycles. The van der Waals surface area contributed by atoms with Gasteiger partial charge in [-0.25, -0.2) is 4.98 Å². The summed E-state index contributed by atoms with van der Waals surface area (Å²) < 4.78 is 12.7. The Labute approximate surface area is 141 Å². The number of hydrogen-bond acceptors (Lipinski definition) is 4. The second-order valence-electron chi connectivity index (χ2n) is 5.38. The number of aliphatic hydroxyl groups is 1. The van der Waals surface area contributed by atoms with Crippen molar-refractivity contribution < 1.29 is 14.6 Å². The monoisotopic (exact) mass is 324 g/mol. The van der Waals surface area contributed by atoms with Gasteiger partial charge in [0.05, 0.1) is 14.2 Å². The van der Waals surface area contributed by atoms with Crippen LogP contribution in [0.25, 0.3) is 0 Å². The molecule has 1 heterocycles. The van der Waals surface area contributed by atoms with Gasteiger partial charge in [-0.15, -0.1) is 0 Å². The highest BCUT2D eigenvalue weighted by Crippen LogP contribution is 2.36. The predicted octanol–water partition coefficient (Wildman–Crippen LogP) is 3.03. The summed E-state index contributed by atoms with van der Waals surface area (Å²) in [6.07, 6.45) is 2.64. The van der Waals surface area contributed by atoms with Crippen molar-refractivity contribution >= 4 is 0 Å². The van der Waals surface area contributed by atoms with Gasteiger partial charge in [-0.05, 0) is 11.6 Å². The van der Waals surface area contributed by atoms with Crippen LogP contribution in [0.4, 0.5) is 0 Å². The first-order chi connectivity index (χ1) is 11.7. The highest BCUT2D eigenvalue weighted by atomic mass is 16.5. The molecule has 0 fully saturated rings. The van der Waals surface area contributed by atoms with Crippen LogP contribution in [0, 0.1) is 0 Å². The lowest BCUT2D eigenvalue weighted by Gasteiger charge is -2.18. The second-order valence-corrected chi connectivity index (χ2v) is 5.38. The zero-order chi connectivity index (χ0) is 16.9. The van der Waals surface area contributed by atoms with Crippen LogP contribution in [0.1, 0.15) is 23.1 Å². The molecule has 0 aliphatic rings. The summed E-state index contributed by atoms with van der Waals surface area (Å²) in [7, 11) is 3.13. The van der Waals surface area contributed by atoms with Crippen molar-refractivity contribution in [3.8, 4) is 11.5 Å². The minimum absolute atomic E-state index is 0.516. The van der Waals surface area contributed by atoms with Gasteiger partial charge in [0.15, 0.2) is 11.5 Å². The van der Waals surface area contributed by atoms with Crippen LogP contribution >= 0.6 is 0 Å². The van der Waals surface area contributed by atoms with E-state index in [1.54, 1.807) is 26.5 Å². The summed E-state index contributed by atoms with van der Waals surface area (Å²) in [5.74, 6) is 1.65. The smallest absolute Gasteiger partial charge is 0.166 e. The number of nitrogens with zero attached hydrogens (tertiary/aromatic N) is 2. The number of aliphatic hydroxyl groups excluding tert-OH is 1. The molecule has 0 saturated heterocycles. The molecule has 3 rings (SSSR count). The number of para-hydroxylation sites is 1. The molecule has 0 saturated carbocycles. The van der Waals surface area contributed by atoms with Crippen LogP contribution in [0.15, 0.2) is 60.9 Å². The Hall–Kier alpha value is -2.79. The number of hydrogen-bond donors (Lipinski definition) is 1. The summed E-state index contributed by atoms with van der Waals surface area (Å²) in [6, 6.07) is 15.5. The number of rotatable bonds is 6. The van der Waals surface area contributed by atoms with Gasteiger partial charge in [-0.2, -0.15) is 0 Å². The standard InChI is InChI=1S/C19H20N2O3/c1-23-16-10-6-9-15(18(16)24-2)17(22)19-20-11-12-21(19)13-14-7-4-3-5-8-14/h3-12,17,22H,13H2,1-2H3/t17-/m0/s1. The van der Waals surface area contributed by atoms with Crippen LogP contribution in [-0.4, -0.2) is 28.9 Å². The molecule has 0 bridgehead atoms. The van der Waals surface area contributed by atoms with E-state index in [2.05, 4.69) is 4.98 Å². The van der Waals surface area contributed by atoms with Crippen molar-refractivity contribution in [2.75, 3.05) is 14.2 Å². The largest absolute Gasteiger partial charge is 0.493 e. The molecule has 1 atom stereocenters. The van der Waals surface area contributed by atoms with Crippen LogP contribution in [0.3, 0.4) is 0 Å². The lowest BCUT2D eigenvalue weighted by molar-refractivity contribution is 0.199. The van der Waals surface area contributed by atoms with Gasteiger partial charge in [0, 0.05) is 24.5 Å². The highest BCUT2D eigenvalue weighted by molar-refractivity contribution is 5.49. The van der Waals surface area contributed by atoms with E-state index in [1.165, 1.54) is 0 Å². The first kappa shape index (κ1) is 16.1. The molecular weight excluding hydrogens is 304 g/mol. The Morgan fingerprint density at radius 2 is 1.83 bits per heavy atom. The van der Waals surface area contributed by atoms with E-state index in [4.69, 9.17) is 9.47 Å². The molecule has 5 heteroatoms. The van der Waals surface area contributed by atoms with E-state index in [0.717, 1.165) is 5.56 Å². The lowest BCUT2D eigenvalue weighted by atomic mass is 10.1. The third-order valence-corrected chi connectivity index (χ3v) is 3.92. The van der Waals surface area contributed by atoms with E-state index in [1.807, 2.05) is 53.2 Å². The third-order valence-electron chi connectivity index (χ3n) is 3.92. The van der Waals surface area contributed by atoms with Gasteiger partial charge in [-0.1, -0.05) is 42.5 Å². The summed E-state index contributed by atoms with van der Waals surface area (Å²) in [6.45, 7) is 0.638. The van der Waals surface area contributed by atoms with Gasteiger partial charge in [-0.3, -0.25) is 0 Å². The van der Waals surface area contributed by atoms with Crippen molar-refractivity contribution in [1.29, 1.82) is 0 Å². The Kier molecular flexibility index (Phi) is 4.82. The van der Waals surface area contributed by atoms with Gasteiger partial charge in [0.1, 0.15) is 11.9 Å². The highest BCUT2D eigenvalue weighted by Gasteiger charge is 2.22. The summed E-state index contributed by atoms with van der Waals surface area (Å²) in [4.78, 5) is 4.34. The number of benzene rings is 2. The minimum atomic E-state index is -0.909. The molecule has 0 amide bonds. The Morgan fingerprint density at radius 3 is 2.54 bits per heavy atom. The molecule has 2 aromatic carbocycles. The molecule has 0 aliphatic heterocycles. The maximum atomic E-state index is 10.9. The molecule has 0 spiro atoms. The Balaban J connectivity index is 1.95. The maximum absolute atomic E-state index is 10.9. The van der Waals surface area contributed by atoms with Gasteiger partial charge in [0.2, 0.25) is 0 Å². The first-order valence-corrected chi connectivity index (χ1v) is 7.68. The van der Waals surface area contributed by atoms with E-state index in [9.17, 15) is 5.11 Å². The molecule has 24 heavy (non-hydrogen) atoms. The van der Waals surface area contributed by atoms with Crippen molar-refractivity contribution in [2.24, 2.45) is 0 Å². The van der Waals surface area contributed by atoms with Crippen molar-refractivity contribution in [3.63, 3.8) is 0 Å². The van der Waals surface area contributed by atoms with E-state index >= 15 is 0 Å². The van der Waals surface area contributed by atoms with Crippen LogP contribution in [0.2, 0.25) is 0 Å². The third kappa shape index (κ3) is 3.12. The van der Waals surface area contributed by atoms with Gasteiger partial charge >= 0.3 is 0 Å². The summed E-state index contributed by atoms with van der Waals surface area (Å²) >= 11 is 0. The van der Waals surface area contributed by atoms with Crippen LogP contribution in [0.5, 0.6) is 11.5 Å². The second kappa shape index (κ2) is 7.19. The molecular formula is C19H20N2O3. The van der Waals surface area contributed by atoms with Crippen molar-refractivity contribution in [2.45, 2.75) is 12.6 Å². The average molecular weight is 324 g/mol. The molecule has 0 aliphatic carbocycles. The number of aromatic nitrogens is 2. The fourth-order valence-corrected chi connectivity index (χ4v) is 2.75. The Morgan fingerprint density at radius 1 is 1.04 bits per heavy atom. The SMILES string of the molecule is COc1cccc([C@H](O)c2nccn2Cc2ccccc2)c1OC. The quantitative estimate of drug-likeness (QED) is 0.757. The van der Waals surface area contributed by atoms with E-state index < -0.39 is 6.10 Å². The first-order valence-electron chi connectivity index (χ1n) is 7.68. The van der Waals surface area contributed by atoms with Crippen molar-refractivity contribution in [1.82, 2.24) is 9.55 Å². The number of methoxy groups -OCH3 is 2. The molecule has 3 aromatic rings. The Bertz CT molecular complexity index is 799. The molecule has 0 radical (unpaired) electrons. The van der Waals surface area contributed by atoms with Crippen molar-refractivity contribution in [3.05, 3.63) is 77.9 Å². The zero-order valence-corrected chi connectivity index (χ0v) is 13.7. The zero-order valence-electron chi connectivity index (χ0n) is 13.7. The maximum Gasteiger partial charge on any atom is 0.166 e. The molecule has 1 N–H and O–H groups in total. The topological polar surface area (TPSA) is 56.5 Å². The summed E-state index contributed by atoms with van der Waals surface area (Å²) in [5.41, 5.74) is 1.76. The summed E-state index contributed by atoms with van der Waals surface area (Å²) in [5, 5.41) is 10.9. The fraction of sp³-hybridized carbons (Fsp3) is 0.211. The molecule has 5 nitrogen and oxygen atoms in total. The normalized spacial score (nSPS) is 12.0. The number of ether oxygens (including phenoxy) is 2. The fourth-order valence-electron chi connectivity index (χ4n) is 2.75. The van der Waals surface area contributed by atoms with E-state index in [0.29, 0.717) is 29.4 Å². The van der Waals surface area contributed by atoms with Crippen LogP contribution in [-0.2, 0) is 6.54 Å². The predicted molar refractivity (Wildman–Crippen MR) is 91.4 cm³/mol. The lowest BCUT2D eigenvalue weighted by Crippen LogP contribution is -2.12. The van der Waals surface area contributed by atoms with Gasteiger partial charge in [0.25, 0.3) is 0 Å².